The third-order valence-electron chi connectivity index (χ3n) is 6.25. The van der Waals surface area contributed by atoms with Gasteiger partial charge in [-0.2, -0.15) is 0 Å². The van der Waals surface area contributed by atoms with Crippen molar-refractivity contribution in [3.8, 4) is 17.2 Å². The maximum atomic E-state index is 13.1. The number of hydrogen-bond acceptors (Lipinski definition) is 5. The molecule has 0 spiro atoms. The van der Waals surface area contributed by atoms with Gasteiger partial charge in [-0.1, -0.05) is 23.7 Å². The Labute approximate surface area is 208 Å². The zero-order valence-corrected chi connectivity index (χ0v) is 20.4. The summed E-state index contributed by atoms with van der Waals surface area (Å²) < 4.78 is 19.0. The third kappa shape index (κ3) is 4.64. The maximum absolute atomic E-state index is 13.1. The van der Waals surface area contributed by atoms with E-state index in [4.69, 9.17) is 30.8 Å². The first-order valence-electron chi connectivity index (χ1n) is 11.4. The predicted molar refractivity (Wildman–Crippen MR) is 136 cm³/mol. The molecule has 2 heterocycles. The molecule has 0 saturated carbocycles. The highest BCUT2D eigenvalue weighted by Crippen LogP contribution is 2.39. The molecular formula is C27H26ClN3O4. The zero-order chi connectivity index (χ0) is 24.4. The van der Waals surface area contributed by atoms with E-state index in [1.54, 1.807) is 31.3 Å². The van der Waals surface area contributed by atoms with Crippen LogP contribution in [0, 0.1) is 0 Å². The van der Waals surface area contributed by atoms with Gasteiger partial charge in [0.2, 0.25) is 5.91 Å². The molecule has 1 aliphatic rings. The van der Waals surface area contributed by atoms with Crippen LogP contribution in [-0.4, -0.2) is 42.8 Å². The summed E-state index contributed by atoms with van der Waals surface area (Å²) in [5.41, 5.74) is 2.62. The first-order valence-corrected chi connectivity index (χ1v) is 11.8. The average molecular weight is 492 g/mol. The number of amides is 1. The van der Waals surface area contributed by atoms with E-state index in [0.29, 0.717) is 48.3 Å². The quantitative estimate of drug-likeness (QED) is 0.334. The highest BCUT2D eigenvalue weighted by molar-refractivity contribution is 6.30. The molecule has 180 valence electrons. The molecule has 1 aliphatic heterocycles. The van der Waals surface area contributed by atoms with Crippen molar-refractivity contribution in [1.29, 1.82) is 0 Å². The number of carbonyl (C=O) groups excluding carboxylic acids is 1. The van der Waals surface area contributed by atoms with Crippen LogP contribution in [0.5, 0.6) is 17.2 Å². The largest absolute Gasteiger partial charge is 0.497 e. The lowest BCUT2D eigenvalue weighted by molar-refractivity contribution is -0.117. The van der Waals surface area contributed by atoms with Gasteiger partial charge in [0.15, 0.2) is 0 Å². The van der Waals surface area contributed by atoms with E-state index in [-0.39, 0.29) is 11.8 Å². The minimum absolute atomic E-state index is 0.0255. The molecule has 5 rings (SSSR count). The Morgan fingerprint density at radius 3 is 2.54 bits per heavy atom. The second-order valence-electron chi connectivity index (χ2n) is 8.36. The molecule has 0 aliphatic carbocycles. The van der Waals surface area contributed by atoms with E-state index in [0.717, 1.165) is 22.6 Å². The molecule has 0 unspecified atom stereocenters. The molecule has 7 nitrogen and oxygen atoms in total. The summed E-state index contributed by atoms with van der Waals surface area (Å²) in [5, 5.41) is 0.670. The molecule has 35 heavy (non-hydrogen) atoms. The Morgan fingerprint density at radius 1 is 1.00 bits per heavy atom. The molecule has 1 atom stereocenters. The number of imidazole rings is 1. The van der Waals surface area contributed by atoms with E-state index in [9.17, 15) is 4.79 Å². The van der Waals surface area contributed by atoms with Crippen molar-refractivity contribution in [2.75, 3.05) is 32.3 Å². The number of halogens is 1. The van der Waals surface area contributed by atoms with Crippen LogP contribution < -0.4 is 19.1 Å². The van der Waals surface area contributed by atoms with Gasteiger partial charge in [-0.3, -0.25) is 4.79 Å². The van der Waals surface area contributed by atoms with Crippen LogP contribution in [0.15, 0.2) is 66.7 Å². The topological polar surface area (TPSA) is 65.8 Å². The van der Waals surface area contributed by atoms with E-state index in [1.165, 1.54) is 0 Å². The number of rotatable bonds is 8. The van der Waals surface area contributed by atoms with Gasteiger partial charge in [0.1, 0.15) is 29.7 Å². The molecule has 0 radical (unpaired) electrons. The standard InChI is InChI=1S/C27H26ClN3O4/c1-33-21-11-12-25(34-2)24(16-21)31-17-18(15-26(31)32)27-29-22-5-3-4-6-23(22)30(27)13-14-35-20-9-7-19(28)8-10-20/h3-12,16,18H,13-15,17H2,1-2H3/t18-/m1/s1. The Bertz CT molecular complexity index is 1350. The smallest absolute Gasteiger partial charge is 0.227 e. The summed E-state index contributed by atoms with van der Waals surface area (Å²) in [6, 6.07) is 20.8. The fraction of sp³-hybridized carbons (Fsp3) is 0.259. The summed E-state index contributed by atoms with van der Waals surface area (Å²) in [6.45, 7) is 1.57. The van der Waals surface area contributed by atoms with Gasteiger partial charge in [0.05, 0.1) is 37.5 Å². The van der Waals surface area contributed by atoms with Crippen LogP contribution in [0.3, 0.4) is 0 Å². The van der Waals surface area contributed by atoms with E-state index >= 15 is 0 Å². The summed E-state index contributed by atoms with van der Waals surface area (Å²) in [4.78, 5) is 19.8. The van der Waals surface area contributed by atoms with E-state index < -0.39 is 0 Å². The van der Waals surface area contributed by atoms with Crippen LogP contribution in [0.25, 0.3) is 11.0 Å². The first kappa shape index (κ1) is 23.1. The summed E-state index contributed by atoms with van der Waals surface area (Å²) >= 11 is 5.98. The molecule has 1 saturated heterocycles. The molecule has 1 amide bonds. The average Bonchev–Trinajstić information content (AvgIpc) is 3.45. The van der Waals surface area contributed by atoms with Crippen molar-refractivity contribution < 1.29 is 19.0 Å². The fourth-order valence-corrected chi connectivity index (χ4v) is 4.67. The van der Waals surface area contributed by atoms with Crippen LogP contribution in [0.2, 0.25) is 5.02 Å². The van der Waals surface area contributed by atoms with E-state index in [2.05, 4.69) is 4.57 Å². The molecular weight excluding hydrogens is 466 g/mol. The van der Waals surface area contributed by atoms with E-state index in [1.807, 2.05) is 54.6 Å². The van der Waals surface area contributed by atoms with Gasteiger partial charge in [-0.05, 0) is 48.5 Å². The van der Waals surface area contributed by atoms with Gasteiger partial charge in [-0.15, -0.1) is 0 Å². The number of anilines is 1. The first-order chi connectivity index (χ1) is 17.1. The number of methoxy groups -OCH3 is 2. The molecule has 4 aromatic rings. The van der Waals surface area contributed by atoms with Crippen LogP contribution in [0.1, 0.15) is 18.2 Å². The number of benzene rings is 3. The molecule has 3 aromatic carbocycles. The maximum Gasteiger partial charge on any atom is 0.227 e. The van der Waals surface area contributed by atoms with Gasteiger partial charge in [-0.25, -0.2) is 4.98 Å². The lowest BCUT2D eigenvalue weighted by Crippen LogP contribution is -2.25. The second-order valence-corrected chi connectivity index (χ2v) is 8.79. The molecule has 8 heteroatoms. The molecule has 0 N–H and O–H groups in total. The van der Waals surface area contributed by atoms with Gasteiger partial charge < -0.3 is 23.7 Å². The SMILES string of the molecule is COc1ccc(OC)c(N2C[C@H](c3nc4ccccc4n3CCOc3ccc(Cl)cc3)CC2=O)c1. The van der Waals surface area contributed by atoms with Crippen LogP contribution in [-0.2, 0) is 11.3 Å². The predicted octanol–water partition coefficient (Wildman–Crippen LogP) is 5.31. The summed E-state index contributed by atoms with van der Waals surface area (Å²) in [5.74, 6) is 2.89. The van der Waals surface area contributed by atoms with Crippen molar-refractivity contribution in [2.24, 2.45) is 0 Å². The number of hydrogen-bond donors (Lipinski definition) is 0. The van der Waals surface area contributed by atoms with Crippen LogP contribution in [0.4, 0.5) is 5.69 Å². The normalized spacial score (nSPS) is 15.6. The van der Waals surface area contributed by atoms with Crippen LogP contribution >= 0.6 is 11.6 Å². The highest BCUT2D eigenvalue weighted by atomic mass is 35.5. The van der Waals surface area contributed by atoms with Crippen molar-refractivity contribution in [2.45, 2.75) is 18.9 Å². The number of ether oxygens (including phenoxy) is 3. The Hall–Kier alpha value is -3.71. The lowest BCUT2D eigenvalue weighted by Gasteiger charge is -2.20. The Balaban J connectivity index is 1.42. The molecule has 1 aromatic heterocycles. The Morgan fingerprint density at radius 2 is 1.77 bits per heavy atom. The zero-order valence-electron chi connectivity index (χ0n) is 19.6. The molecule has 0 bridgehead atoms. The number of aromatic nitrogens is 2. The monoisotopic (exact) mass is 491 g/mol. The van der Waals surface area contributed by atoms with Gasteiger partial charge in [0.25, 0.3) is 0 Å². The Kier molecular flexibility index (Phi) is 6.51. The minimum atomic E-state index is -0.0682. The summed E-state index contributed by atoms with van der Waals surface area (Å²) in [6.07, 6.45) is 0.363. The lowest BCUT2D eigenvalue weighted by atomic mass is 10.1. The van der Waals surface area contributed by atoms with Crippen molar-refractivity contribution in [1.82, 2.24) is 9.55 Å². The fourth-order valence-electron chi connectivity index (χ4n) is 4.55. The number of nitrogens with zero attached hydrogens (tertiary/aromatic N) is 3. The third-order valence-corrected chi connectivity index (χ3v) is 6.50. The number of para-hydroxylation sites is 2. The molecule has 1 fully saturated rings. The summed E-state index contributed by atoms with van der Waals surface area (Å²) in [7, 11) is 3.21. The second kappa shape index (κ2) is 9.88. The number of carbonyl (C=O) groups is 1. The highest BCUT2D eigenvalue weighted by Gasteiger charge is 2.36. The minimum Gasteiger partial charge on any atom is -0.497 e. The van der Waals surface area contributed by atoms with Crippen molar-refractivity contribution in [3.63, 3.8) is 0 Å². The van der Waals surface area contributed by atoms with Gasteiger partial charge in [0, 0.05) is 30.0 Å². The van der Waals surface area contributed by atoms with Crippen molar-refractivity contribution in [3.05, 3.63) is 77.6 Å². The van der Waals surface area contributed by atoms with Crippen molar-refractivity contribution >= 4 is 34.2 Å². The number of fused-ring (bicyclic) bond motifs is 1. The van der Waals surface area contributed by atoms with Gasteiger partial charge >= 0.3 is 0 Å².